The van der Waals surface area contributed by atoms with Crippen LogP contribution < -0.4 is 0 Å². The van der Waals surface area contributed by atoms with E-state index in [-0.39, 0.29) is 17.8 Å². The Morgan fingerprint density at radius 2 is 2.33 bits per heavy atom. The molecule has 0 aromatic rings. The molecular weight excluding hydrogens is 160 g/mol. The van der Waals surface area contributed by atoms with Crippen molar-refractivity contribution in [1.29, 1.82) is 0 Å². The molecule has 0 aliphatic rings. The van der Waals surface area contributed by atoms with Gasteiger partial charge in [0.2, 0.25) is 0 Å². The fourth-order valence-electron chi connectivity index (χ4n) is 0.247. The first-order valence-electron chi connectivity index (χ1n) is 2.58. The van der Waals surface area contributed by atoms with Crippen LogP contribution in [0.2, 0.25) is 0 Å². The fourth-order valence-corrected chi connectivity index (χ4v) is 0.541. The van der Waals surface area contributed by atoms with Crippen LogP contribution in [0.5, 0.6) is 0 Å². The first-order chi connectivity index (χ1) is 4.18. The summed E-state index contributed by atoms with van der Waals surface area (Å²) in [5, 5.41) is 0. The van der Waals surface area contributed by atoms with Crippen molar-refractivity contribution in [3.63, 3.8) is 0 Å². The third-order valence-corrected chi connectivity index (χ3v) is 1.19. The van der Waals surface area contributed by atoms with Crippen molar-refractivity contribution >= 4 is 27.6 Å². The van der Waals surface area contributed by atoms with Gasteiger partial charge in [0.1, 0.15) is 0 Å². The first-order valence-corrected chi connectivity index (χ1v) is 4.40. The normalized spacial score (nSPS) is 9.78. The lowest BCUT2D eigenvalue weighted by atomic mass is 10.2. The number of ether oxygens (including phenoxy) is 1. The standard InChI is InChI=1S/C5H9ClO2S/c1-4(2)5(7)8-3-9-6/h4H,3H2,1-2H3. The zero-order valence-electron chi connectivity index (χ0n) is 5.39. The molecule has 0 aromatic heterocycles. The number of rotatable bonds is 3. The second-order valence-corrected chi connectivity index (χ2v) is 2.95. The van der Waals surface area contributed by atoms with Gasteiger partial charge in [0.05, 0.1) is 5.92 Å². The lowest BCUT2D eigenvalue weighted by molar-refractivity contribution is -0.144. The van der Waals surface area contributed by atoms with Gasteiger partial charge in [-0.1, -0.05) is 13.8 Å². The molecule has 0 spiro atoms. The molecule has 0 saturated heterocycles. The highest BCUT2D eigenvalue weighted by molar-refractivity contribution is 8.20. The summed E-state index contributed by atoms with van der Waals surface area (Å²) in [6.45, 7) is 3.56. The zero-order chi connectivity index (χ0) is 7.28. The van der Waals surface area contributed by atoms with Gasteiger partial charge in [-0.3, -0.25) is 4.79 Å². The van der Waals surface area contributed by atoms with E-state index in [0.29, 0.717) is 0 Å². The minimum absolute atomic E-state index is 0.0613. The molecule has 0 unspecified atom stereocenters. The maximum Gasteiger partial charge on any atom is 0.309 e. The molecule has 2 nitrogen and oxygen atoms in total. The molecule has 0 aromatic carbocycles. The van der Waals surface area contributed by atoms with Crippen LogP contribution >= 0.6 is 21.7 Å². The molecule has 0 N–H and O–H groups in total. The summed E-state index contributed by atoms with van der Waals surface area (Å²) in [6.07, 6.45) is 0. The van der Waals surface area contributed by atoms with E-state index in [1.54, 1.807) is 13.8 Å². The minimum atomic E-state index is -0.205. The van der Waals surface area contributed by atoms with E-state index in [9.17, 15) is 4.79 Å². The van der Waals surface area contributed by atoms with Gasteiger partial charge < -0.3 is 4.74 Å². The van der Waals surface area contributed by atoms with Gasteiger partial charge in [-0.2, -0.15) is 0 Å². The molecule has 0 radical (unpaired) electrons. The quantitative estimate of drug-likeness (QED) is 0.477. The van der Waals surface area contributed by atoms with Crippen LogP contribution in [-0.4, -0.2) is 11.9 Å². The molecule has 0 rings (SSSR count). The average molecular weight is 169 g/mol. The second-order valence-electron chi connectivity index (χ2n) is 1.85. The number of carbonyl (C=O) groups is 1. The van der Waals surface area contributed by atoms with Crippen molar-refractivity contribution in [3.05, 3.63) is 0 Å². The molecular formula is C5H9ClO2S. The SMILES string of the molecule is CC(C)C(=O)OCSCl. The Bertz CT molecular complexity index is 95.0. The van der Waals surface area contributed by atoms with Gasteiger partial charge in [-0.15, -0.1) is 0 Å². The highest BCUT2D eigenvalue weighted by Gasteiger charge is 2.06. The monoisotopic (exact) mass is 168 g/mol. The Hall–Kier alpha value is 0.110. The highest BCUT2D eigenvalue weighted by Crippen LogP contribution is 2.07. The van der Waals surface area contributed by atoms with Crippen molar-refractivity contribution in [1.82, 2.24) is 0 Å². The van der Waals surface area contributed by atoms with E-state index in [1.807, 2.05) is 0 Å². The van der Waals surface area contributed by atoms with Gasteiger partial charge in [-0.25, -0.2) is 0 Å². The predicted octanol–water partition coefficient (Wildman–Crippen LogP) is 2.03. The van der Waals surface area contributed by atoms with Crippen LogP contribution in [0.1, 0.15) is 13.8 Å². The number of hydrogen-bond donors (Lipinski definition) is 0. The summed E-state index contributed by atoms with van der Waals surface area (Å²) in [6, 6.07) is 0. The Balaban J connectivity index is 3.28. The molecule has 0 amide bonds. The van der Waals surface area contributed by atoms with E-state index in [1.165, 1.54) is 0 Å². The topological polar surface area (TPSA) is 26.3 Å². The smallest absolute Gasteiger partial charge is 0.309 e. The summed E-state index contributed by atoms with van der Waals surface area (Å²) >= 11 is 0. The third-order valence-electron chi connectivity index (χ3n) is 0.717. The molecule has 0 aliphatic heterocycles. The lowest BCUT2D eigenvalue weighted by Crippen LogP contribution is -2.10. The summed E-state index contributed by atoms with van der Waals surface area (Å²) in [5.74, 6) is -0.0320. The summed E-state index contributed by atoms with van der Waals surface area (Å²) in [5.41, 5.74) is 0. The molecule has 0 saturated carbocycles. The maximum absolute atomic E-state index is 10.6. The van der Waals surface area contributed by atoms with E-state index in [4.69, 9.17) is 10.7 Å². The van der Waals surface area contributed by atoms with Gasteiger partial charge in [0, 0.05) is 0 Å². The van der Waals surface area contributed by atoms with E-state index >= 15 is 0 Å². The van der Waals surface area contributed by atoms with Gasteiger partial charge in [0.15, 0.2) is 5.94 Å². The average Bonchev–Trinajstić information content (AvgIpc) is 1.82. The van der Waals surface area contributed by atoms with Crippen LogP contribution in [0.25, 0.3) is 0 Å². The second kappa shape index (κ2) is 4.94. The Morgan fingerprint density at radius 3 is 2.67 bits per heavy atom. The first kappa shape index (κ1) is 9.11. The predicted molar refractivity (Wildman–Crippen MR) is 39.2 cm³/mol. The van der Waals surface area contributed by atoms with Crippen LogP contribution in [-0.2, 0) is 9.53 Å². The van der Waals surface area contributed by atoms with Crippen molar-refractivity contribution in [2.75, 3.05) is 5.94 Å². The van der Waals surface area contributed by atoms with Crippen molar-refractivity contribution in [2.45, 2.75) is 13.8 Å². The number of carbonyl (C=O) groups excluding carboxylic acids is 1. The molecule has 0 aliphatic carbocycles. The molecule has 0 atom stereocenters. The molecule has 4 heteroatoms. The van der Waals surface area contributed by atoms with Crippen molar-refractivity contribution < 1.29 is 9.53 Å². The van der Waals surface area contributed by atoms with Crippen LogP contribution in [0, 0.1) is 5.92 Å². The molecule has 54 valence electrons. The number of hydrogen-bond acceptors (Lipinski definition) is 3. The third kappa shape index (κ3) is 4.60. The van der Waals surface area contributed by atoms with E-state index < -0.39 is 0 Å². The summed E-state index contributed by atoms with van der Waals surface area (Å²) < 4.78 is 4.64. The molecule has 0 fully saturated rings. The Kier molecular flexibility index (Phi) is 5.00. The van der Waals surface area contributed by atoms with Crippen molar-refractivity contribution in [2.24, 2.45) is 5.92 Å². The van der Waals surface area contributed by atoms with Crippen LogP contribution in [0.3, 0.4) is 0 Å². The van der Waals surface area contributed by atoms with Crippen LogP contribution in [0.15, 0.2) is 0 Å². The van der Waals surface area contributed by atoms with E-state index in [2.05, 4.69) is 4.74 Å². The van der Waals surface area contributed by atoms with Crippen molar-refractivity contribution in [3.8, 4) is 0 Å². The zero-order valence-corrected chi connectivity index (χ0v) is 6.96. The van der Waals surface area contributed by atoms with Gasteiger partial charge in [-0.05, 0) is 21.7 Å². The number of halogens is 1. The lowest BCUT2D eigenvalue weighted by Gasteiger charge is -2.02. The Morgan fingerprint density at radius 1 is 1.78 bits per heavy atom. The molecule has 9 heavy (non-hydrogen) atoms. The minimum Gasteiger partial charge on any atom is -0.453 e. The molecule has 0 heterocycles. The van der Waals surface area contributed by atoms with Crippen LogP contribution in [0.4, 0.5) is 0 Å². The Labute approximate surface area is 63.4 Å². The highest BCUT2D eigenvalue weighted by atomic mass is 35.7. The number of esters is 1. The van der Waals surface area contributed by atoms with Gasteiger partial charge >= 0.3 is 5.97 Å². The fraction of sp³-hybridized carbons (Fsp3) is 0.800. The summed E-state index contributed by atoms with van der Waals surface area (Å²) in [4.78, 5) is 10.6. The maximum atomic E-state index is 10.6. The summed E-state index contributed by atoms with van der Waals surface area (Å²) in [7, 11) is 6.17. The van der Waals surface area contributed by atoms with Gasteiger partial charge in [0.25, 0.3) is 0 Å². The molecule has 0 bridgehead atoms. The van der Waals surface area contributed by atoms with E-state index in [0.717, 1.165) is 11.0 Å². The largest absolute Gasteiger partial charge is 0.453 e.